The summed E-state index contributed by atoms with van der Waals surface area (Å²) in [6.07, 6.45) is 11.2. The van der Waals surface area contributed by atoms with E-state index in [2.05, 4.69) is 34.6 Å². The first-order valence-corrected chi connectivity index (χ1v) is 10.8. The van der Waals surface area contributed by atoms with Crippen LogP contribution in [0.2, 0.25) is 0 Å². The fraction of sp³-hybridized carbons (Fsp3) is 1.00. The Hall–Kier alpha value is -0.250. The molecule has 3 atom stereocenters. The molecule has 2 N–H and O–H groups in total. The van der Waals surface area contributed by atoms with Gasteiger partial charge in [-0.2, -0.15) is 0 Å². The van der Waals surface area contributed by atoms with Gasteiger partial charge < -0.3 is 5.73 Å². The standard InChI is InChI=1S/C20H43N.C2H3F3/c1-17(2)9-6-10-18(3)11-7-12-19(4)13-8-14-20(5)15-16-21;3-1-2(4)5/h17-20H,6-16,21H2,1-5H3;2H,1H2. The fourth-order valence-corrected chi connectivity index (χ4v) is 3.22. The zero-order chi connectivity index (χ0) is 20.4. The SMILES string of the molecule is CC(C)CCCC(C)CCCC(C)CCCC(C)CCN.FCC(F)F. The first kappa shape index (κ1) is 28.0. The topological polar surface area (TPSA) is 26.0 Å². The number of hydrogen-bond donors (Lipinski definition) is 1. The molecule has 0 spiro atoms. The summed E-state index contributed by atoms with van der Waals surface area (Å²) in [5.74, 6) is 3.54. The molecule has 0 aromatic carbocycles. The van der Waals surface area contributed by atoms with Crippen LogP contribution in [0.25, 0.3) is 0 Å². The van der Waals surface area contributed by atoms with Crippen molar-refractivity contribution < 1.29 is 13.2 Å². The summed E-state index contributed by atoms with van der Waals surface area (Å²) >= 11 is 0. The fourth-order valence-electron chi connectivity index (χ4n) is 3.22. The molecule has 0 aliphatic rings. The quantitative estimate of drug-likeness (QED) is 0.310. The second-order valence-corrected chi connectivity index (χ2v) is 8.62. The van der Waals surface area contributed by atoms with E-state index in [4.69, 9.17) is 5.73 Å². The van der Waals surface area contributed by atoms with Crippen LogP contribution in [0, 0.1) is 23.7 Å². The highest BCUT2D eigenvalue weighted by atomic mass is 19.3. The molecule has 3 unspecified atom stereocenters. The van der Waals surface area contributed by atoms with Gasteiger partial charge in [-0.05, 0) is 36.6 Å². The molecule has 160 valence electrons. The highest BCUT2D eigenvalue weighted by molar-refractivity contribution is 4.61. The third kappa shape index (κ3) is 23.8. The van der Waals surface area contributed by atoms with Crippen LogP contribution < -0.4 is 5.73 Å². The van der Waals surface area contributed by atoms with Gasteiger partial charge in [-0.25, -0.2) is 13.2 Å². The Bertz CT molecular complexity index is 272. The molecule has 0 bridgehead atoms. The average Bonchev–Trinajstić information content (AvgIpc) is 2.55. The maximum Gasteiger partial charge on any atom is 0.266 e. The monoisotopic (exact) mass is 381 g/mol. The van der Waals surface area contributed by atoms with Crippen LogP contribution in [0.3, 0.4) is 0 Å². The molecular weight excluding hydrogens is 335 g/mol. The van der Waals surface area contributed by atoms with E-state index in [1.807, 2.05) is 0 Å². The molecule has 0 rings (SSSR count). The lowest BCUT2D eigenvalue weighted by atomic mass is 9.91. The summed E-state index contributed by atoms with van der Waals surface area (Å²) in [6, 6.07) is 0. The van der Waals surface area contributed by atoms with E-state index in [-0.39, 0.29) is 0 Å². The van der Waals surface area contributed by atoms with Crippen molar-refractivity contribution in [3.63, 3.8) is 0 Å². The molecule has 0 amide bonds. The lowest BCUT2D eigenvalue weighted by molar-refractivity contribution is 0.113. The van der Waals surface area contributed by atoms with Crippen LogP contribution in [-0.2, 0) is 0 Å². The van der Waals surface area contributed by atoms with E-state index >= 15 is 0 Å². The van der Waals surface area contributed by atoms with Gasteiger partial charge in [-0.15, -0.1) is 0 Å². The van der Waals surface area contributed by atoms with Crippen LogP contribution in [0.15, 0.2) is 0 Å². The molecule has 0 heterocycles. The maximum atomic E-state index is 10.4. The molecule has 4 heteroatoms. The van der Waals surface area contributed by atoms with Gasteiger partial charge in [0.25, 0.3) is 6.43 Å². The summed E-state index contributed by atoms with van der Waals surface area (Å²) in [5, 5.41) is 0. The second-order valence-electron chi connectivity index (χ2n) is 8.62. The van der Waals surface area contributed by atoms with Crippen LogP contribution in [0.4, 0.5) is 13.2 Å². The smallest absolute Gasteiger partial charge is 0.266 e. The lowest BCUT2D eigenvalue weighted by Crippen LogP contribution is -2.06. The van der Waals surface area contributed by atoms with Gasteiger partial charge in [-0.3, -0.25) is 0 Å². The summed E-state index contributed by atoms with van der Waals surface area (Å²) in [5.41, 5.74) is 5.61. The number of halogens is 3. The molecule has 0 saturated heterocycles. The molecular formula is C22H46F3N. The van der Waals surface area contributed by atoms with E-state index < -0.39 is 13.1 Å². The average molecular weight is 382 g/mol. The minimum Gasteiger partial charge on any atom is -0.330 e. The zero-order valence-electron chi connectivity index (χ0n) is 18.1. The molecule has 0 fully saturated rings. The van der Waals surface area contributed by atoms with Gasteiger partial charge in [0.2, 0.25) is 0 Å². The minimum atomic E-state index is -2.78. The number of alkyl halides is 3. The normalized spacial score (nSPS) is 14.9. The predicted octanol–water partition coefficient (Wildman–Crippen LogP) is 7.63. The van der Waals surface area contributed by atoms with E-state index in [1.54, 1.807) is 0 Å². The molecule has 0 aliphatic carbocycles. The van der Waals surface area contributed by atoms with Gasteiger partial charge >= 0.3 is 0 Å². The number of hydrogen-bond acceptors (Lipinski definition) is 1. The Labute approximate surface area is 161 Å². The first-order valence-electron chi connectivity index (χ1n) is 10.8. The van der Waals surface area contributed by atoms with Crippen molar-refractivity contribution in [2.24, 2.45) is 29.4 Å². The van der Waals surface area contributed by atoms with Gasteiger partial charge in [0, 0.05) is 0 Å². The summed E-state index contributed by atoms with van der Waals surface area (Å²) < 4.78 is 31.1. The lowest BCUT2D eigenvalue weighted by Gasteiger charge is -2.16. The van der Waals surface area contributed by atoms with Crippen molar-refractivity contribution in [1.29, 1.82) is 0 Å². The summed E-state index contributed by atoms with van der Waals surface area (Å²) in [6.45, 7) is 11.2. The van der Waals surface area contributed by atoms with Crippen LogP contribution in [0.5, 0.6) is 0 Å². The highest BCUT2D eigenvalue weighted by Gasteiger charge is 2.07. The molecule has 1 nitrogen and oxygen atoms in total. The van der Waals surface area contributed by atoms with Crippen molar-refractivity contribution in [1.82, 2.24) is 0 Å². The molecule has 0 saturated carbocycles. The minimum absolute atomic E-state index is 0.822. The van der Waals surface area contributed by atoms with E-state index in [0.717, 1.165) is 30.2 Å². The molecule has 0 aromatic rings. The van der Waals surface area contributed by atoms with Crippen LogP contribution >= 0.6 is 0 Å². The Morgan fingerprint density at radius 3 is 1.19 bits per heavy atom. The third-order valence-electron chi connectivity index (χ3n) is 5.04. The summed E-state index contributed by atoms with van der Waals surface area (Å²) in [4.78, 5) is 0. The number of rotatable bonds is 15. The zero-order valence-corrected chi connectivity index (χ0v) is 18.1. The van der Waals surface area contributed by atoms with Gasteiger partial charge in [0.15, 0.2) is 6.67 Å². The highest BCUT2D eigenvalue weighted by Crippen LogP contribution is 2.22. The summed E-state index contributed by atoms with van der Waals surface area (Å²) in [7, 11) is 0. The molecule has 26 heavy (non-hydrogen) atoms. The Kier molecular flexibility index (Phi) is 21.0. The van der Waals surface area contributed by atoms with Gasteiger partial charge in [-0.1, -0.05) is 92.4 Å². The van der Waals surface area contributed by atoms with Gasteiger partial charge in [0.05, 0.1) is 0 Å². The van der Waals surface area contributed by atoms with E-state index in [1.165, 1.54) is 64.2 Å². The van der Waals surface area contributed by atoms with Crippen molar-refractivity contribution in [3.05, 3.63) is 0 Å². The third-order valence-corrected chi connectivity index (χ3v) is 5.04. The Morgan fingerprint density at radius 2 is 0.923 bits per heavy atom. The van der Waals surface area contributed by atoms with Crippen molar-refractivity contribution >= 4 is 0 Å². The molecule has 0 aliphatic heterocycles. The van der Waals surface area contributed by atoms with E-state index in [9.17, 15) is 13.2 Å². The maximum absolute atomic E-state index is 10.4. The number of nitrogens with two attached hydrogens (primary N) is 1. The van der Waals surface area contributed by atoms with Crippen LogP contribution in [-0.4, -0.2) is 19.6 Å². The van der Waals surface area contributed by atoms with Gasteiger partial charge in [0.1, 0.15) is 0 Å². The molecule has 0 radical (unpaired) electrons. The predicted molar refractivity (Wildman–Crippen MR) is 110 cm³/mol. The van der Waals surface area contributed by atoms with Crippen molar-refractivity contribution in [2.75, 3.05) is 13.2 Å². The first-order chi connectivity index (χ1) is 12.2. The van der Waals surface area contributed by atoms with Crippen LogP contribution in [0.1, 0.15) is 98.8 Å². The second kappa shape index (κ2) is 19.5. The van der Waals surface area contributed by atoms with E-state index in [0.29, 0.717) is 0 Å². The molecule has 0 aromatic heterocycles. The van der Waals surface area contributed by atoms with Crippen molar-refractivity contribution in [2.45, 2.75) is 105 Å². The largest absolute Gasteiger partial charge is 0.330 e. The Balaban J connectivity index is 0. The van der Waals surface area contributed by atoms with Crippen molar-refractivity contribution in [3.8, 4) is 0 Å². The Morgan fingerprint density at radius 1 is 0.615 bits per heavy atom.